The summed E-state index contributed by atoms with van der Waals surface area (Å²) in [5.41, 5.74) is 8.62. The molecule has 0 saturated heterocycles. The van der Waals surface area contributed by atoms with Crippen LogP contribution in [-0.2, 0) is 7.05 Å². The number of hydrogen-bond acceptors (Lipinski definition) is 3. The van der Waals surface area contributed by atoms with E-state index in [1.54, 1.807) is 17.9 Å². The molecule has 0 aliphatic heterocycles. The normalized spacial score (nSPS) is 11.2. The number of nitrogens with one attached hydrogen (secondary N) is 1. The van der Waals surface area contributed by atoms with Crippen molar-refractivity contribution < 1.29 is 0 Å². The zero-order valence-electron chi connectivity index (χ0n) is 9.11. The Hall–Kier alpha value is -1.82. The Bertz CT molecular complexity index is 697. The molecule has 0 atom stereocenters. The molecule has 2 aromatic heterocycles. The van der Waals surface area contributed by atoms with Gasteiger partial charge in [0.05, 0.1) is 22.8 Å². The molecule has 1 aromatic carbocycles. The first-order chi connectivity index (χ1) is 8.15. The van der Waals surface area contributed by atoms with E-state index in [9.17, 15) is 0 Å². The monoisotopic (exact) mass is 291 g/mol. The lowest BCUT2D eigenvalue weighted by molar-refractivity contribution is 0.779. The summed E-state index contributed by atoms with van der Waals surface area (Å²) in [5.74, 6) is 1.34. The fourth-order valence-electron chi connectivity index (χ4n) is 1.74. The molecule has 0 fully saturated rings. The van der Waals surface area contributed by atoms with Gasteiger partial charge in [-0.15, -0.1) is 0 Å². The van der Waals surface area contributed by atoms with Crippen LogP contribution in [-0.4, -0.2) is 19.7 Å². The predicted molar refractivity (Wildman–Crippen MR) is 70.4 cm³/mol. The molecule has 5 nitrogen and oxygen atoms in total. The molecule has 0 spiro atoms. The van der Waals surface area contributed by atoms with Gasteiger partial charge in [-0.2, -0.15) is 5.10 Å². The second-order valence-corrected chi connectivity index (χ2v) is 4.73. The Labute approximate surface area is 106 Å². The van der Waals surface area contributed by atoms with Crippen LogP contribution in [0, 0.1) is 0 Å². The number of nitrogens with zero attached hydrogens (tertiary/aromatic N) is 3. The number of anilines is 1. The zero-order chi connectivity index (χ0) is 12.0. The fourth-order valence-corrected chi connectivity index (χ4v) is 2.10. The van der Waals surface area contributed by atoms with Crippen LogP contribution in [0.25, 0.3) is 22.4 Å². The summed E-state index contributed by atoms with van der Waals surface area (Å²) < 4.78 is 2.64. The van der Waals surface area contributed by atoms with Gasteiger partial charge >= 0.3 is 0 Å². The molecule has 0 unspecified atom stereocenters. The Morgan fingerprint density at radius 3 is 2.94 bits per heavy atom. The summed E-state index contributed by atoms with van der Waals surface area (Å²) >= 11 is 3.43. The molecule has 0 aliphatic carbocycles. The number of halogens is 1. The minimum Gasteiger partial charge on any atom is -0.383 e. The van der Waals surface area contributed by atoms with Gasteiger partial charge in [-0.3, -0.25) is 4.68 Å². The number of imidazole rings is 1. The van der Waals surface area contributed by atoms with Gasteiger partial charge in [-0.25, -0.2) is 4.98 Å². The van der Waals surface area contributed by atoms with Crippen molar-refractivity contribution in [2.45, 2.75) is 0 Å². The Kier molecular flexibility index (Phi) is 2.19. The van der Waals surface area contributed by atoms with Gasteiger partial charge in [0.2, 0.25) is 0 Å². The summed E-state index contributed by atoms with van der Waals surface area (Å²) in [5, 5.41) is 4.10. The highest BCUT2D eigenvalue weighted by molar-refractivity contribution is 9.10. The van der Waals surface area contributed by atoms with Crippen molar-refractivity contribution in [3.05, 3.63) is 28.9 Å². The topological polar surface area (TPSA) is 72.5 Å². The molecular weight excluding hydrogens is 282 g/mol. The van der Waals surface area contributed by atoms with Crippen molar-refractivity contribution in [1.82, 2.24) is 19.7 Å². The molecule has 3 aromatic rings. The maximum Gasteiger partial charge on any atom is 0.143 e. The van der Waals surface area contributed by atoms with Gasteiger partial charge in [-0.05, 0) is 18.2 Å². The van der Waals surface area contributed by atoms with Gasteiger partial charge in [0.15, 0.2) is 0 Å². The van der Waals surface area contributed by atoms with Crippen LogP contribution in [0.2, 0.25) is 0 Å². The van der Waals surface area contributed by atoms with Crippen molar-refractivity contribution >= 4 is 32.8 Å². The third kappa shape index (κ3) is 1.61. The Balaban J connectivity index is 2.21. The first-order valence-corrected chi connectivity index (χ1v) is 5.87. The number of aromatic nitrogens is 4. The van der Waals surface area contributed by atoms with Crippen LogP contribution in [0.4, 0.5) is 5.82 Å². The number of hydrogen-bond donors (Lipinski definition) is 2. The van der Waals surface area contributed by atoms with Gasteiger partial charge in [0.1, 0.15) is 11.6 Å². The van der Waals surface area contributed by atoms with E-state index >= 15 is 0 Å². The Morgan fingerprint density at radius 1 is 1.41 bits per heavy atom. The summed E-state index contributed by atoms with van der Waals surface area (Å²) in [6.07, 6.45) is 1.71. The average molecular weight is 292 g/mol. The summed E-state index contributed by atoms with van der Waals surface area (Å²) in [7, 11) is 1.80. The summed E-state index contributed by atoms with van der Waals surface area (Å²) in [4.78, 5) is 7.72. The number of nitrogens with two attached hydrogens (primary N) is 1. The quantitative estimate of drug-likeness (QED) is 0.723. The van der Waals surface area contributed by atoms with Crippen molar-refractivity contribution in [2.75, 3.05) is 5.73 Å². The van der Waals surface area contributed by atoms with Crippen molar-refractivity contribution in [2.24, 2.45) is 7.05 Å². The lowest BCUT2D eigenvalue weighted by atomic mass is 10.3. The largest absolute Gasteiger partial charge is 0.383 e. The predicted octanol–water partition coefficient (Wildman–Crippen LogP) is 2.31. The highest BCUT2D eigenvalue weighted by Gasteiger charge is 2.11. The van der Waals surface area contributed by atoms with E-state index in [1.165, 1.54) is 0 Å². The van der Waals surface area contributed by atoms with E-state index in [0.29, 0.717) is 5.82 Å². The molecule has 0 radical (unpaired) electrons. The van der Waals surface area contributed by atoms with E-state index in [0.717, 1.165) is 26.9 Å². The number of rotatable bonds is 1. The molecule has 6 heteroatoms. The van der Waals surface area contributed by atoms with Crippen LogP contribution in [0.15, 0.2) is 28.9 Å². The van der Waals surface area contributed by atoms with Gasteiger partial charge in [0.25, 0.3) is 0 Å². The van der Waals surface area contributed by atoms with Crippen LogP contribution < -0.4 is 5.73 Å². The SMILES string of the molecule is Cn1ncc(-c2nc3ccc(Br)cc3[nH]2)c1N. The van der Waals surface area contributed by atoms with Crippen LogP contribution in [0.3, 0.4) is 0 Å². The number of fused-ring (bicyclic) bond motifs is 1. The summed E-state index contributed by atoms with van der Waals surface area (Å²) in [6.45, 7) is 0. The van der Waals surface area contributed by atoms with Crippen LogP contribution in [0.5, 0.6) is 0 Å². The number of benzene rings is 1. The second kappa shape index (κ2) is 3.59. The molecule has 3 rings (SSSR count). The first-order valence-electron chi connectivity index (χ1n) is 5.08. The van der Waals surface area contributed by atoms with E-state index in [4.69, 9.17) is 5.73 Å². The minimum absolute atomic E-state index is 0.600. The highest BCUT2D eigenvalue weighted by atomic mass is 79.9. The number of nitrogen functional groups attached to an aromatic ring is 1. The molecule has 3 N–H and O–H groups in total. The summed E-state index contributed by atoms with van der Waals surface area (Å²) in [6, 6.07) is 5.89. The van der Waals surface area contributed by atoms with Crippen molar-refractivity contribution in [3.8, 4) is 11.4 Å². The second-order valence-electron chi connectivity index (χ2n) is 3.81. The van der Waals surface area contributed by atoms with Gasteiger partial charge < -0.3 is 10.7 Å². The molecule has 0 bridgehead atoms. The zero-order valence-corrected chi connectivity index (χ0v) is 10.7. The van der Waals surface area contributed by atoms with Gasteiger partial charge in [0, 0.05) is 11.5 Å². The molecule has 86 valence electrons. The standard InChI is InChI=1S/C11H10BrN5/c1-17-10(13)7(5-14-17)11-15-8-3-2-6(12)4-9(8)16-11/h2-5H,13H2,1H3,(H,15,16). The molecule has 0 aliphatic rings. The van der Waals surface area contributed by atoms with E-state index in [-0.39, 0.29) is 0 Å². The maximum absolute atomic E-state index is 5.92. The lowest BCUT2D eigenvalue weighted by Gasteiger charge is -1.95. The minimum atomic E-state index is 0.600. The smallest absolute Gasteiger partial charge is 0.143 e. The Morgan fingerprint density at radius 2 is 2.24 bits per heavy atom. The molecule has 0 saturated carbocycles. The molecule has 2 heterocycles. The third-order valence-electron chi connectivity index (χ3n) is 2.68. The third-order valence-corrected chi connectivity index (χ3v) is 3.18. The highest BCUT2D eigenvalue weighted by Crippen LogP contribution is 2.26. The van der Waals surface area contributed by atoms with Gasteiger partial charge in [-0.1, -0.05) is 15.9 Å². The maximum atomic E-state index is 5.92. The van der Waals surface area contributed by atoms with E-state index in [2.05, 4.69) is 31.0 Å². The number of aromatic amines is 1. The van der Waals surface area contributed by atoms with Crippen LogP contribution in [0.1, 0.15) is 0 Å². The average Bonchev–Trinajstić information content (AvgIpc) is 2.83. The molecule has 0 amide bonds. The van der Waals surface area contributed by atoms with E-state index in [1.807, 2.05) is 18.2 Å². The van der Waals surface area contributed by atoms with Crippen molar-refractivity contribution in [3.63, 3.8) is 0 Å². The lowest BCUT2D eigenvalue weighted by Crippen LogP contribution is -1.98. The first kappa shape index (κ1) is 10.3. The van der Waals surface area contributed by atoms with E-state index < -0.39 is 0 Å². The molecule has 17 heavy (non-hydrogen) atoms. The fraction of sp³-hybridized carbons (Fsp3) is 0.0909. The number of H-pyrrole nitrogens is 1. The van der Waals surface area contributed by atoms with Crippen LogP contribution >= 0.6 is 15.9 Å². The number of aryl methyl sites for hydroxylation is 1. The van der Waals surface area contributed by atoms with Crippen molar-refractivity contribution in [1.29, 1.82) is 0 Å². The molecular formula is C11H10BrN5.